The zero-order chi connectivity index (χ0) is 16.7. The van der Waals surface area contributed by atoms with Gasteiger partial charge >= 0.3 is 0 Å². The molecule has 1 N–H and O–H groups in total. The molecule has 1 amide bonds. The summed E-state index contributed by atoms with van der Waals surface area (Å²) in [4.78, 5) is 12.0. The molecule has 0 saturated heterocycles. The number of hydrogen-bond acceptors (Lipinski definition) is 4. The van der Waals surface area contributed by atoms with E-state index in [1.54, 1.807) is 31.2 Å². The number of hydrogen-bond donors (Lipinski definition) is 1. The van der Waals surface area contributed by atoms with E-state index in [0.717, 1.165) is 0 Å². The van der Waals surface area contributed by atoms with Crippen LogP contribution in [-0.2, 0) is 4.79 Å². The van der Waals surface area contributed by atoms with Gasteiger partial charge in [-0.3, -0.25) is 4.79 Å². The number of methoxy groups -OCH3 is 1. The Bertz CT molecular complexity index is 675. The van der Waals surface area contributed by atoms with E-state index in [9.17, 15) is 9.18 Å². The van der Waals surface area contributed by atoms with Crippen LogP contribution in [0, 0.1) is 5.82 Å². The first-order chi connectivity index (χ1) is 11.1. The van der Waals surface area contributed by atoms with Gasteiger partial charge in [0.05, 0.1) is 19.4 Å². The molecule has 0 bridgehead atoms. The molecule has 6 heteroatoms. The molecule has 0 fully saturated rings. The van der Waals surface area contributed by atoms with Gasteiger partial charge in [-0.05, 0) is 31.2 Å². The van der Waals surface area contributed by atoms with E-state index < -0.39 is 5.82 Å². The Morgan fingerprint density at radius 2 is 1.83 bits per heavy atom. The SMILES string of the molecule is CCOc1cc(F)ccc1NC(=O)COc1ccccc1OC. The van der Waals surface area contributed by atoms with Crippen LogP contribution >= 0.6 is 0 Å². The summed E-state index contributed by atoms with van der Waals surface area (Å²) in [6.45, 7) is 1.94. The molecule has 122 valence electrons. The van der Waals surface area contributed by atoms with E-state index in [1.165, 1.54) is 25.3 Å². The monoisotopic (exact) mass is 319 g/mol. The minimum absolute atomic E-state index is 0.205. The summed E-state index contributed by atoms with van der Waals surface area (Å²) in [5.74, 6) is 0.463. The number of rotatable bonds is 7. The van der Waals surface area contributed by atoms with Gasteiger partial charge in [0.2, 0.25) is 0 Å². The molecule has 2 rings (SSSR count). The fourth-order valence-corrected chi connectivity index (χ4v) is 1.94. The van der Waals surface area contributed by atoms with Crippen molar-refractivity contribution < 1.29 is 23.4 Å². The van der Waals surface area contributed by atoms with E-state index in [4.69, 9.17) is 14.2 Å². The lowest BCUT2D eigenvalue weighted by atomic mass is 10.2. The molecule has 0 aliphatic carbocycles. The normalized spacial score (nSPS) is 10.0. The fraction of sp³-hybridized carbons (Fsp3) is 0.235. The Morgan fingerprint density at radius 1 is 1.09 bits per heavy atom. The molecule has 0 radical (unpaired) electrons. The van der Waals surface area contributed by atoms with Gasteiger partial charge in [-0.25, -0.2) is 4.39 Å². The molecule has 0 saturated carbocycles. The van der Waals surface area contributed by atoms with Crippen molar-refractivity contribution in [3.8, 4) is 17.2 Å². The van der Waals surface area contributed by atoms with Gasteiger partial charge < -0.3 is 19.5 Å². The second-order valence-electron chi connectivity index (χ2n) is 4.56. The Hall–Kier alpha value is -2.76. The largest absolute Gasteiger partial charge is 0.493 e. The Labute approximate surface area is 134 Å². The molecule has 2 aromatic carbocycles. The molecule has 0 heterocycles. The molecule has 0 spiro atoms. The highest BCUT2D eigenvalue weighted by atomic mass is 19.1. The van der Waals surface area contributed by atoms with E-state index in [1.807, 2.05) is 0 Å². The number of para-hydroxylation sites is 2. The molecular weight excluding hydrogens is 301 g/mol. The molecule has 0 aromatic heterocycles. The van der Waals surface area contributed by atoms with Crippen LogP contribution in [0.25, 0.3) is 0 Å². The number of benzene rings is 2. The van der Waals surface area contributed by atoms with Gasteiger partial charge in [-0.2, -0.15) is 0 Å². The van der Waals surface area contributed by atoms with Gasteiger partial charge in [0.1, 0.15) is 11.6 Å². The molecule has 0 atom stereocenters. The maximum atomic E-state index is 13.2. The van der Waals surface area contributed by atoms with Gasteiger partial charge in [-0.1, -0.05) is 12.1 Å². The van der Waals surface area contributed by atoms with Gasteiger partial charge in [0.25, 0.3) is 5.91 Å². The van der Waals surface area contributed by atoms with Crippen molar-refractivity contribution in [1.29, 1.82) is 0 Å². The number of halogens is 1. The maximum absolute atomic E-state index is 13.2. The van der Waals surface area contributed by atoms with Crippen LogP contribution < -0.4 is 19.5 Å². The smallest absolute Gasteiger partial charge is 0.262 e. The lowest BCUT2D eigenvalue weighted by molar-refractivity contribution is -0.118. The van der Waals surface area contributed by atoms with Crippen LogP contribution in [0.2, 0.25) is 0 Å². The van der Waals surface area contributed by atoms with E-state index in [2.05, 4.69) is 5.32 Å². The third kappa shape index (κ3) is 4.60. The Kier molecular flexibility index (Phi) is 5.80. The highest BCUT2D eigenvalue weighted by Gasteiger charge is 2.11. The lowest BCUT2D eigenvalue weighted by Gasteiger charge is -2.13. The van der Waals surface area contributed by atoms with Gasteiger partial charge in [0.15, 0.2) is 18.1 Å². The molecule has 5 nitrogen and oxygen atoms in total. The minimum Gasteiger partial charge on any atom is -0.493 e. The van der Waals surface area contributed by atoms with Crippen LogP contribution in [0.5, 0.6) is 17.2 Å². The lowest BCUT2D eigenvalue weighted by Crippen LogP contribution is -2.20. The van der Waals surface area contributed by atoms with E-state index in [-0.39, 0.29) is 18.3 Å². The number of nitrogens with one attached hydrogen (secondary N) is 1. The number of ether oxygens (including phenoxy) is 3. The van der Waals surface area contributed by atoms with Crippen molar-refractivity contribution in [1.82, 2.24) is 0 Å². The highest BCUT2D eigenvalue weighted by Crippen LogP contribution is 2.27. The van der Waals surface area contributed by atoms with Crippen molar-refractivity contribution in [2.45, 2.75) is 6.92 Å². The summed E-state index contributed by atoms with van der Waals surface area (Å²) in [5, 5.41) is 2.63. The standard InChI is InChI=1S/C17H18FNO4/c1-3-22-16-10-12(18)8-9-13(16)19-17(20)11-23-15-7-5-4-6-14(15)21-2/h4-10H,3,11H2,1-2H3,(H,19,20). The van der Waals surface area contributed by atoms with Crippen LogP contribution in [-0.4, -0.2) is 26.2 Å². The zero-order valence-electron chi connectivity index (χ0n) is 13.0. The fourth-order valence-electron chi connectivity index (χ4n) is 1.94. The summed E-state index contributed by atoms with van der Waals surface area (Å²) in [5.41, 5.74) is 0.391. The predicted octanol–water partition coefficient (Wildman–Crippen LogP) is 3.25. The number of carbonyl (C=O) groups is 1. The minimum atomic E-state index is -0.434. The van der Waals surface area contributed by atoms with Gasteiger partial charge in [0, 0.05) is 6.07 Å². The predicted molar refractivity (Wildman–Crippen MR) is 84.7 cm³/mol. The molecule has 2 aromatic rings. The van der Waals surface area contributed by atoms with Crippen molar-refractivity contribution in [2.75, 3.05) is 25.6 Å². The number of amides is 1. The number of anilines is 1. The summed E-state index contributed by atoms with van der Waals surface area (Å²) >= 11 is 0. The molecular formula is C17H18FNO4. The van der Waals surface area contributed by atoms with Crippen molar-refractivity contribution >= 4 is 11.6 Å². The average molecular weight is 319 g/mol. The van der Waals surface area contributed by atoms with Crippen LogP contribution in [0.3, 0.4) is 0 Å². The summed E-state index contributed by atoms with van der Waals surface area (Å²) in [6.07, 6.45) is 0. The third-order valence-electron chi connectivity index (χ3n) is 2.95. The van der Waals surface area contributed by atoms with E-state index >= 15 is 0 Å². The maximum Gasteiger partial charge on any atom is 0.262 e. The average Bonchev–Trinajstić information content (AvgIpc) is 2.56. The van der Waals surface area contributed by atoms with Crippen LogP contribution in [0.1, 0.15) is 6.92 Å². The highest BCUT2D eigenvalue weighted by molar-refractivity contribution is 5.93. The number of carbonyl (C=O) groups excluding carboxylic acids is 1. The molecule has 0 unspecified atom stereocenters. The van der Waals surface area contributed by atoms with Crippen molar-refractivity contribution in [3.63, 3.8) is 0 Å². The zero-order valence-corrected chi connectivity index (χ0v) is 13.0. The molecule has 0 aliphatic rings. The van der Waals surface area contributed by atoms with Crippen LogP contribution in [0.4, 0.5) is 10.1 Å². The summed E-state index contributed by atoms with van der Waals surface area (Å²) < 4.78 is 29.1. The summed E-state index contributed by atoms with van der Waals surface area (Å²) in [7, 11) is 1.52. The second-order valence-corrected chi connectivity index (χ2v) is 4.56. The second kappa shape index (κ2) is 8.03. The topological polar surface area (TPSA) is 56.8 Å². The third-order valence-corrected chi connectivity index (χ3v) is 2.95. The van der Waals surface area contributed by atoms with Crippen LogP contribution in [0.15, 0.2) is 42.5 Å². The molecule has 0 aliphatic heterocycles. The Balaban J connectivity index is 2.00. The van der Waals surface area contributed by atoms with Gasteiger partial charge in [-0.15, -0.1) is 0 Å². The quantitative estimate of drug-likeness (QED) is 0.851. The molecule has 23 heavy (non-hydrogen) atoms. The van der Waals surface area contributed by atoms with Crippen molar-refractivity contribution in [3.05, 3.63) is 48.3 Å². The first kappa shape index (κ1) is 16.6. The first-order valence-corrected chi connectivity index (χ1v) is 7.12. The van der Waals surface area contributed by atoms with E-state index in [0.29, 0.717) is 23.8 Å². The first-order valence-electron chi connectivity index (χ1n) is 7.12. The van der Waals surface area contributed by atoms with Crippen molar-refractivity contribution in [2.24, 2.45) is 0 Å². The summed E-state index contributed by atoms with van der Waals surface area (Å²) in [6, 6.07) is 10.9. The Morgan fingerprint density at radius 3 is 2.52 bits per heavy atom.